The number of ether oxygens (including phenoxy) is 2. The van der Waals surface area contributed by atoms with Crippen LogP contribution < -0.4 is 14.8 Å². The van der Waals surface area contributed by atoms with Crippen LogP contribution in [0.15, 0.2) is 54.6 Å². The molecule has 3 rings (SSSR count). The number of para-hydroxylation sites is 1. The number of rotatable bonds is 10. The summed E-state index contributed by atoms with van der Waals surface area (Å²) in [7, 11) is 1.61. The van der Waals surface area contributed by atoms with Gasteiger partial charge in [-0.3, -0.25) is 9.59 Å². The summed E-state index contributed by atoms with van der Waals surface area (Å²) in [5.74, 6) is 1.03. The van der Waals surface area contributed by atoms with Crippen molar-refractivity contribution in [2.24, 2.45) is 0 Å². The molecule has 0 heterocycles. The molecule has 0 spiro atoms. The molecule has 1 atom stereocenters. The second-order valence-corrected chi connectivity index (χ2v) is 7.89. The first-order valence-corrected chi connectivity index (χ1v) is 11.0. The van der Waals surface area contributed by atoms with Crippen LogP contribution in [0, 0.1) is 0 Å². The average molecular weight is 425 g/mol. The van der Waals surface area contributed by atoms with E-state index in [1.54, 1.807) is 12.0 Å². The molecule has 2 aromatic rings. The molecule has 31 heavy (non-hydrogen) atoms. The number of hydrogen-bond acceptors (Lipinski definition) is 4. The number of methoxy groups -OCH3 is 1. The van der Waals surface area contributed by atoms with Gasteiger partial charge in [-0.2, -0.15) is 0 Å². The zero-order valence-electron chi connectivity index (χ0n) is 18.4. The van der Waals surface area contributed by atoms with E-state index in [1.165, 1.54) is 0 Å². The van der Waals surface area contributed by atoms with Crippen LogP contribution in [0.5, 0.6) is 11.5 Å². The fourth-order valence-electron chi connectivity index (χ4n) is 4.00. The van der Waals surface area contributed by atoms with Gasteiger partial charge in [-0.05, 0) is 49.1 Å². The Kier molecular flexibility index (Phi) is 8.33. The van der Waals surface area contributed by atoms with E-state index >= 15 is 0 Å². The van der Waals surface area contributed by atoms with Crippen molar-refractivity contribution in [3.05, 3.63) is 60.2 Å². The Labute approximate surface area is 184 Å². The van der Waals surface area contributed by atoms with Gasteiger partial charge in [0.2, 0.25) is 5.91 Å². The molecule has 0 aromatic heterocycles. The smallest absolute Gasteiger partial charge is 0.261 e. The molecule has 1 aliphatic carbocycles. The van der Waals surface area contributed by atoms with Gasteiger partial charge in [-0.25, -0.2) is 0 Å². The summed E-state index contributed by atoms with van der Waals surface area (Å²) in [5, 5.41) is 3.15. The van der Waals surface area contributed by atoms with E-state index in [4.69, 9.17) is 9.47 Å². The fourth-order valence-corrected chi connectivity index (χ4v) is 4.00. The Morgan fingerprint density at radius 3 is 2.45 bits per heavy atom. The van der Waals surface area contributed by atoms with Crippen molar-refractivity contribution < 1.29 is 19.1 Å². The first kappa shape index (κ1) is 22.7. The van der Waals surface area contributed by atoms with E-state index in [0.29, 0.717) is 24.5 Å². The zero-order valence-corrected chi connectivity index (χ0v) is 18.4. The molecule has 2 amide bonds. The Hall–Kier alpha value is -3.02. The van der Waals surface area contributed by atoms with Gasteiger partial charge in [0.1, 0.15) is 17.5 Å². The maximum absolute atomic E-state index is 13.2. The zero-order chi connectivity index (χ0) is 22.1. The van der Waals surface area contributed by atoms with E-state index in [2.05, 4.69) is 5.32 Å². The van der Waals surface area contributed by atoms with Crippen molar-refractivity contribution in [3.8, 4) is 11.5 Å². The first-order chi connectivity index (χ1) is 15.1. The second-order valence-electron chi connectivity index (χ2n) is 7.89. The Morgan fingerprint density at radius 1 is 1.06 bits per heavy atom. The molecule has 1 aliphatic rings. The van der Waals surface area contributed by atoms with Gasteiger partial charge in [-0.1, -0.05) is 50.1 Å². The number of carbonyl (C=O) groups excluding carboxylic acids is 2. The lowest BCUT2D eigenvalue weighted by molar-refractivity contribution is -0.143. The summed E-state index contributed by atoms with van der Waals surface area (Å²) in [5.41, 5.74) is 0.902. The van der Waals surface area contributed by atoms with E-state index in [0.717, 1.165) is 31.2 Å². The van der Waals surface area contributed by atoms with Gasteiger partial charge in [0.25, 0.3) is 5.91 Å². The predicted molar refractivity (Wildman–Crippen MR) is 120 cm³/mol. The van der Waals surface area contributed by atoms with E-state index in [-0.39, 0.29) is 24.5 Å². The first-order valence-electron chi connectivity index (χ1n) is 11.0. The molecule has 0 aliphatic heterocycles. The molecule has 1 N–H and O–H groups in total. The van der Waals surface area contributed by atoms with Crippen LogP contribution in [0.1, 0.15) is 44.6 Å². The third-order valence-electron chi connectivity index (χ3n) is 5.68. The molecule has 0 bridgehead atoms. The highest BCUT2D eigenvalue weighted by Crippen LogP contribution is 2.20. The molecular weight excluding hydrogens is 392 g/mol. The summed E-state index contributed by atoms with van der Waals surface area (Å²) in [4.78, 5) is 27.9. The van der Waals surface area contributed by atoms with E-state index < -0.39 is 6.04 Å². The van der Waals surface area contributed by atoms with Gasteiger partial charge in [-0.15, -0.1) is 0 Å². The minimum absolute atomic E-state index is 0.0923. The van der Waals surface area contributed by atoms with Crippen molar-refractivity contribution in [2.75, 3.05) is 13.7 Å². The fraction of sp³-hybridized carbons (Fsp3) is 0.440. The van der Waals surface area contributed by atoms with Gasteiger partial charge in [0.15, 0.2) is 6.61 Å². The number of nitrogens with one attached hydrogen (secondary N) is 1. The quantitative estimate of drug-likeness (QED) is 0.627. The topological polar surface area (TPSA) is 67.9 Å². The molecule has 0 saturated heterocycles. The van der Waals surface area contributed by atoms with Crippen LogP contribution >= 0.6 is 0 Å². The summed E-state index contributed by atoms with van der Waals surface area (Å²) in [6.45, 7) is 2.12. The van der Waals surface area contributed by atoms with Gasteiger partial charge >= 0.3 is 0 Å². The molecule has 6 nitrogen and oxygen atoms in total. The molecule has 2 aromatic carbocycles. The third kappa shape index (κ3) is 6.48. The van der Waals surface area contributed by atoms with Gasteiger partial charge in [0, 0.05) is 12.6 Å². The van der Waals surface area contributed by atoms with Gasteiger partial charge < -0.3 is 19.7 Å². The molecule has 0 radical (unpaired) electrons. The monoisotopic (exact) mass is 424 g/mol. The molecular formula is C25H32N2O4. The maximum Gasteiger partial charge on any atom is 0.261 e. The van der Waals surface area contributed by atoms with Crippen LogP contribution in [0.4, 0.5) is 0 Å². The molecule has 1 saturated carbocycles. The van der Waals surface area contributed by atoms with Crippen molar-refractivity contribution in [3.63, 3.8) is 0 Å². The summed E-state index contributed by atoms with van der Waals surface area (Å²) in [6.07, 6.45) is 4.81. The highest BCUT2D eigenvalue weighted by Gasteiger charge is 2.30. The van der Waals surface area contributed by atoms with Crippen LogP contribution in [0.3, 0.4) is 0 Å². The summed E-state index contributed by atoms with van der Waals surface area (Å²) < 4.78 is 11.0. The number of hydrogen-bond donors (Lipinski definition) is 1. The van der Waals surface area contributed by atoms with Crippen molar-refractivity contribution in [1.29, 1.82) is 0 Å². The van der Waals surface area contributed by atoms with E-state index in [9.17, 15) is 9.59 Å². The van der Waals surface area contributed by atoms with Crippen LogP contribution in [-0.2, 0) is 16.1 Å². The SMILES string of the molecule is CC[C@@H](C(=O)NC1CCCC1)N(Cc1cccc(OC)c1)C(=O)COc1ccccc1. The van der Waals surface area contributed by atoms with Crippen molar-refractivity contribution >= 4 is 11.8 Å². The standard InChI is InChI=1S/C25H32N2O4/c1-3-23(25(29)26-20-11-7-8-12-20)27(17-19-10-9-15-22(16-19)30-2)24(28)18-31-21-13-5-4-6-14-21/h4-6,9-10,13-16,20,23H,3,7-8,11-12,17-18H2,1-2H3,(H,26,29)/t23-/m0/s1. The van der Waals surface area contributed by atoms with Crippen LogP contribution in [0.25, 0.3) is 0 Å². The lowest BCUT2D eigenvalue weighted by Crippen LogP contribution is -2.52. The van der Waals surface area contributed by atoms with Crippen LogP contribution in [-0.4, -0.2) is 42.5 Å². The minimum Gasteiger partial charge on any atom is -0.497 e. The molecule has 6 heteroatoms. The summed E-state index contributed by atoms with van der Waals surface area (Å²) in [6, 6.07) is 16.4. The lowest BCUT2D eigenvalue weighted by atomic mass is 10.1. The number of amides is 2. The third-order valence-corrected chi connectivity index (χ3v) is 5.68. The molecule has 0 unspecified atom stereocenters. The number of benzene rings is 2. The molecule has 1 fully saturated rings. The number of nitrogens with zero attached hydrogens (tertiary/aromatic N) is 1. The largest absolute Gasteiger partial charge is 0.497 e. The average Bonchev–Trinajstić information content (AvgIpc) is 3.31. The Morgan fingerprint density at radius 2 is 1.77 bits per heavy atom. The summed E-state index contributed by atoms with van der Waals surface area (Å²) >= 11 is 0. The van der Waals surface area contributed by atoms with Crippen LogP contribution in [0.2, 0.25) is 0 Å². The lowest BCUT2D eigenvalue weighted by Gasteiger charge is -2.31. The maximum atomic E-state index is 13.2. The highest BCUT2D eigenvalue weighted by atomic mass is 16.5. The number of carbonyl (C=O) groups is 2. The predicted octanol–water partition coefficient (Wildman–Crippen LogP) is 3.94. The van der Waals surface area contributed by atoms with Gasteiger partial charge in [0.05, 0.1) is 7.11 Å². The Bertz CT molecular complexity index is 850. The minimum atomic E-state index is -0.557. The second kappa shape index (κ2) is 11.4. The van der Waals surface area contributed by atoms with Crippen molar-refractivity contribution in [1.82, 2.24) is 10.2 Å². The Balaban J connectivity index is 1.76. The van der Waals surface area contributed by atoms with Crippen molar-refractivity contribution in [2.45, 2.75) is 57.7 Å². The highest BCUT2D eigenvalue weighted by molar-refractivity contribution is 5.88. The van der Waals surface area contributed by atoms with E-state index in [1.807, 2.05) is 61.5 Å². The molecule has 166 valence electrons. The normalized spacial score (nSPS) is 14.6.